The number of hydrogen-bond donors (Lipinski definition) is 2. The van der Waals surface area contributed by atoms with Gasteiger partial charge in [0.1, 0.15) is 0 Å². The van der Waals surface area contributed by atoms with Gasteiger partial charge < -0.3 is 34.5 Å². The van der Waals surface area contributed by atoms with E-state index in [9.17, 15) is 34.5 Å². The third-order valence-corrected chi connectivity index (χ3v) is 1.98. The van der Waals surface area contributed by atoms with Crippen molar-refractivity contribution in [1.82, 2.24) is 0 Å². The minimum Gasteiger partial charge on any atom is -0.418 e. The van der Waals surface area contributed by atoms with Gasteiger partial charge in [-0.25, -0.2) is 0 Å². The number of nitrogens with two attached hydrogens (primary N) is 2. The first-order valence-electron chi connectivity index (χ1n) is 5.57. The van der Waals surface area contributed by atoms with Crippen LogP contribution in [0.3, 0.4) is 0 Å². The van der Waals surface area contributed by atoms with Crippen LogP contribution in [-0.4, -0.2) is 20.2 Å². The lowest BCUT2D eigenvalue weighted by Gasteiger charge is -2.22. The predicted octanol–water partition coefficient (Wildman–Crippen LogP) is 1.58. The van der Waals surface area contributed by atoms with E-state index in [-0.39, 0.29) is 5.66 Å². The molecule has 4 N–H and O–H groups in total. The molecule has 0 saturated carbocycles. The van der Waals surface area contributed by atoms with E-state index < -0.39 is 14.5 Å². The zero-order chi connectivity index (χ0) is 16.6. The standard InChI is InChI=1S/C9H10N2.2BF4/c1-3-7-10-9(5-1)6-2-4-8-11-9;2*2-1(3,4)5/h1-8,10-11H;;/q;2*-1/p+2. The van der Waals surface area contributed by atoms with E-state index >= 15 is 0 Å². The first kappa shape index (κ1) is 19.4. The summed E-state index contributed by atoms with van der Waals surface area (Å²) in [7, 11) is -12.0. The normalized spacial score (nSPS) is 18.7. The smallest absolute Gasteiger partial charge is 0.418 e. The molecule has 0 fully saturated rings. The van der Waals surface area contributed by atoms with Gasteiger partial charge in [-0.05, 0) is 24.3 Å². The summed E-state index contributed by atoms with van der Waals surface area (Å²) in [6.45, 7) is 0. The molecule has 0 bridgehead atoms. The van der Waals surface area contributed by atoms with Crippen LogP contribution in [0.15, 0.2) is 48.9 Å². The molecule has 0 aromatic rings. The summed E-state index contributed by atoms with van der Waals surface area (Å²) in [5.74, 6) is 0. The first-order chi connectivity index (χ1) is 9.41. The number of quaternary nitrogens is 2. The lowest BCUT2D eigenvalue weighted by Crippen LogP contribution is -3.15. The Morgan fingerprint density at radius 3 is 1.05 bits per heavy atom. The number of hydrogen-bond acceptors (Lipinski definition) is 0. The summed E-state index contributed by atoms with van der Waals surface area (Å²) in [5, 5.41) is 4.38. The molecule has 12 heteroatoms. The molecular formula is C9H12B2F8N2. The molecule has 0 aliphatic carbocycles. The Labute approximate surface area is 115 Å². The van der Waals surface area contributed by atoms with Crippen LogP contribution in [0.4, 0.5) is 34.5 Å². The predicted molar refractivity (Wildman–Crippen MR) is 63.5 cm³/mol. The summed E-state index contributed by atoms with van der Waals surface area (Å²) in [6, 6.07) is 0. The zero-order valence-corrected chi connectivity index (χ0v) is 10.5. The maximum absolute atomic E-state index is 9.75. The molecule has 2 rings (SSSR count). The van der Waals surface area contributed by atoms with E-state index in [1.54, 1.807) is 0 Å². The van der Waals surface area contributed by atoms with Gasteiger partial charge in [-0.3, -0.25) is 10.6 Å². The zero-order valence-electron chi connectivity index (χ0n) is 10.5. The molecular weight excluding hydrogens is 310 g/mol. The first-order valence-corrected chi connectivity index (χ1v) is 5.57. The third-order valence-electron chi connectivity index (χ3n) is 1.98. The molecule has 0 unspecified atom stereocenters. The fourth-order valence-corrected chi connectivity index (χ4v) is 1.35. The van der Waals surface area contributed by atoms with Crippen molar-refractivity contribution in [3.8, 4) is 0 Å². The van der Waals surface area contributed by atoms with Crippen LogP contribution in [0.1, 0.15) is 0 Å². The van der Waals surface area contributed by atoms with Gasteiger partial charge in [0.05, 0.1) is 12.4 Å². The van der Waals surface area contributed by atoms with Crippen LogP contribution >= 0.6 is 0 Å². The Morgan fingerprint density at radius 2 is 0.857 bits per heavy atom. The molecule has 0 aromatic heterocycles. The highest BCUT2D eigenvalue weighted by molar-refractivity contribution is 6.50. The Balaban J connectivity index is 0.000000340. The molecule has 2 aliphatic rings. The van der Waals surface area contributed by atoms with Gasteiger partial charge in [-0.1, -0.05) is 0 Å². The largest absolute Gasteiger partial charge is 0.673 e. The van der Waals surface area contributed by atoms with E-state index in [0.717, 1.165) is 0 Å². The van der Waals surface area contributed by atoms with Gasteiger partial charge in [0.2, 0.25) is 0 Å². The van der Waals surface area contributed by atoms with E-state index in [1.165, 1.54) is 0 Å². The second-order valence-corrected chi connectivity index (χ2v) is 3.81. The molecule has 0 radical (unpaired) electrons. The topological polar surface area (TPSA) is 33.2 Å². The minimum atomic E-state index is -6.00. The van der Waals surface area contributed by atoms with Crippen molar-refractivity contribution in [2.24, 2.45) is 0 Å². The maximum Gasteiger partial charge on any atom is 0.673 e. The van der Waals surface area contributed by atoms with Gasteiger partial charge in [0.15, 0.2) is 0 Å². The second-order valence-electron chi connectivity index (χ2n) is 3.81. The van der Waals surface area contributed by atoms with E-state index in [1.807, 2.05) is 12.2 Å². The van der Waals surface area contributed by atoms with Crippen molar-refractivity contribution in [3.05, 3.63) is 48.9 Å². The highest BCUT2D eigenvalue weighted by atomic mass is 19.5. The summed E-state index contributed by atoms with van der Waals surface area (Å²) in [5.41, 5.74) is 0.0729. The third kappa shape index (κ3) is 14.7. The summed E-state index contributed by atoms with van der Waals surface area (Å²) >= 11 is 0. The monoisotopic (exact) mass is 322 g/mol. The second kappa shape index (κ2) is 8.03. The Hall–Kier alpha value is -1.55. The molecule has 0 amide bonds. The Morgan fingerprint density at radius 1 is 0.571 bits per heavy atom. The molecule has 0 saturated heterocycles. The lowest BCUT2D eigenvalue weighted by molar-refractivity contribution is -0.873. The number of allylic oxidation sites excluding steroid dienone is 4. The molecule has 0 atom stereocenters. The fourth-order valence-electron chi connectivity index (χ4n) is 1.35. The summed E-state index contributed by atoms with van der Waals surface area (Å²) in [6.07, 6.45) is 16.8. The summed E-state index contributed by atoms with van der Waals surface area (Å²) in [4.78, 5) is 0. The van der Waals surface area contributed by atoms with Crippen molar-refractivity contribution in [1.29, 1.82) is 0 Å². The molecule has 1 spiro atoms. The van der Waals surface area contributed by atoms with E-state index in [4.69, 9.17) is 0 Å². The SMILES string of the molecule is C1=C[NH2+]C2(C=C1)C=CC=C[NH2+]2.F[B-](F)(F)F.F[B-](F)(F)F. The van der Waals surface area contributed by atoms with Gasteiger partial charge in [0, 0.05) is 12.2 Å². The average Bonchev–Trinajstić information content (AvgIpc) is 2.26. The quantitative estimate of drug-likeness (QED) is 0.502. The molecule has 21 heavy (non-hydrogen) atoms. The van der Waals surface area contributed by atoms with Gasteiger partial charge in [-0.2, -0.15) is 0 Å². The van der Waals surface area contributed by atoms with Gasteiger partial charge >= 0.3 is 14.5 Å². The maximum atomic E-state index is 9.75. The van der Waals surface area contributed by atoms with Gasteiger partial charge in [-0.15, -0.1) is 0 Å². The average molecular weight is 322 g/mol. The fraction of sp³-hybridized carbons (Fsp3) is 0.111. The summed E-state index contributed by atoms with van der Waals surface area (Å²) < 4.78 is 78.0. The van der Waals surface area contributed by atoms with Crippen LogP contribution in [0, 0.1) is 0 Å². The highest BCUT2D eigenvalue weighted by Crippen LogP contribution is 2.07. The van der Waals surface area contributed by atoms with Crippen LogP contribution in [-0.2, 0) is 0 Å². The van der Waals surface area contributed by atoms with Crippen molar-refractivity contribution >= 4 is 14.5 Å². The van der Waals surface area contributed by atoms with Crippen molar-refractivity contribution < 1.29 is 45.2 Å². The van der Waals surface area contributed by atoms with Crippen molar-refractivity contribution in [2.75, 3.05) is 0 Å². The van der Waals surface area contributed by atoms with E-state index in [2.05, 4.69) is 47.3 Å². The number of halogens is 8. The Kier molecular flexibility index (Phi) is 7.44. The van der Waals surface area contributed by atoms with Crippen LogP contribution in [0.5, 0.6) is 0 Å². The molecule has 2 nitrogen and oxygen atoms in total. The van der Waals surface area contributed by atoms with Crippen molar-refractivity contribution in [2.45, 2.75) is 5.66 Å². The molecule has 0 aromatic carbocycles. The van der Waals surface area contributed by atoms with E-state index in [0.29, 0.717) is 0 Å². The van der Waals surface area contributed by atoms with Crippen LogP contribution < -0.4 is 10.6 Å². The number of rotatable bonds is 0. The highest BCUT2D eigenvalue weighted by Gasteiger charge is 2.31. The molecule has 2 aliphatic heterocycles. The molecule has 120 valence electrons. The lowest BCUT2D eigenvalue weighted by atomic mass is 10.1. The van der Waals surface area contributed by atoms with Crippen molar-refractivity contribution in [3.63, 3.8) is 0 Å². The minimum absolute atomic E-state index is 0.0729. The molecule has 2 heterocycles. The Bertz CT molecular complexity index is 372. The van der Waals surface area contributed by atoms with Crippen LogP contribution in [0.2, 0.25) is 0 Å². The van der Waals surface area contributed by atoms with Gasteiger partial charge in [0.25, 0.3) is 5.66 Å². The van der Waals surface area contributed by atoms with Crippen LogP contribution in [0.25, 0.3) is 0 Å².